The number of aromatic nitrogens is 1. The second-order valence-corrected chi connectivity index (χ2v) is 9.54. The highest BCUT2D eigenvalue weighted by atomic mass is 16.2. The molecule has 0 unspecified atom stereocenters. The molecule has 1 aromatic carbocycles. The number of carbonyl (C=O) groups is 3. The lowest BCUT2D eigenvalue weighted by molar-refractivity contribution is -0.140. The van der Waals surface area contributed by atoms with E-state index in [0.717, 1.165) is 27.8 Å². The molecule has 2 fully saturated rings. The van der Waals surface area contributed by atoms with E-state index in [-0.39, 0.29) is 22.9 Å². The molecule has 2 heterocycles. The SMILES string of the molecule is CC#Cc1cc(C)c(C2C(=O)CC3(CCN(C(=O)Cc4cccnc4)CC3)CC2=O)c(C)c1. The Morgan fingerprint density at radius 1 is 1.12 bits per heavy atom. The predicted octanol–water partition coefficient (Wildman–Crippen LogP) is 3.94. The molecule has 4 rings (SSSR count). The van der Waals surface area contributed by atoms with E-state index in [1.165, 1.54) is 0 Å². The molecule has 5 nitrogen and oxygen atoms in total. The molecule has 5 heteroatoms. The number of Topliss-reactive ketones (excluding diaryl/α,β-unsaturated/α-hetero) is 2. The number of rotatable bonds is 3. The summed E-state index contributed by atoms with van der Waals surface area (Å²) < 4.78 is 0. The molecule has 1 aliphatic heterocycles. The fourth-order valence-electron chi connectivity index (χ4n) is 5.53. The molecule has 1 aliphatic carbocycles. The summed E-state index contributed by atoms with van der Waals surface area (Å²) in [6.07, 6.45) is 5.94. The van der Waals surface area contributed by atoms with Crippen molar-refractivity contribution in [1.29, 1.82) is 0 Å². The Balaban J connectivity index is 1.45. The molecular weight excluding hydrogens is 412 g/mol. The van der Waals surface area contributed by atoms with Crippen molar-refractivity contribution in [1.82, 2.24) is 9.88 Å². The summed E-state index contributed by atoms with van der Waals surface area (Å²) in [6.45, 7) is 6.89. The van der Waals surface area contributed by atoms with Crippen LogP contribution in [-0.2, 0) is 20.8 Å². The second-order valence-electron chi connectivity index (χ2n) is 9.54. The number of hydrogen-bond donors (Lipinski definition) is 0. The number of ketones is 2. The Hall–Kier alpha value is -3.26. The average Bonchev–Trinajstić information content (AvgIpc) is 2.76. The Morgan fingerprint density at radius 3 is 2.30 bits per heavy atom. The minimum Gasteiger partial charge on any atom is -0.342 e. The van der Waals surface area contributed by atoms with Gasteiger partial charge in [0.05, 0.1) is 6.42 Å². The van der Waals surface area contributed by atoms with E-state index in [9.17, 15) is 14.4 Å². The first-order chi connectivity index (χ1) is 15.8. The smallest absolute Gasteiger partial charge is 0.227 e. The van der Waals surface area contributed by atoms with Crippen molar-refractivity contribution in [2.75, 3.05) is 13.1 Å². The van der Waals surface area contributed by atoms with Crippen molar-refractivity contribution in [2.24, 2.45) is 5.41 Å². The minimum absolute atomic E-state index is 0.0157. The van der Waals surface area contributed by atoms with Gasteiger partial charge in [0.2, 0.25) is 5.91 Å². The molecule has 0 atom stereocenters. The van der Waals surface area contributed by atoms with Gasteiger partial charge in [0.1, 0.15) is 17.5 Å². The zero-order valence-corrected chi connectivity index (χ0v) is 19.6. The molecule has 0 bridgehead atoms. The molecule has 1 saturated carbocycles. The van der Waals surface area contributed by atoms with E-state index in [4.69, 9.17) is 0 Å². The van der Waals surface area contributed by atoms with Gasteiger partial charge in [0.15, 0.2) is 0 Å². The normalized spacial score (nSPS) is 18.2. The number of amides is 1. The molecule has 1 aromatic heterocycles. The number of benzene rings is 1. The van der Waals surface area contributed by atoms with E-state index in [1.54, 1.807) is 19.3 Å². The van der Waals surface area contributed by atoms with Crippen LogP contribution in [0.2, 0.25) is 0 Å². The van der Waals surface area contributed by atoms with Gasteiger partial charge in [-0.15, -0.1) is 5.92 Å². The van der Waals surface area contributed by atoms with Gasteiger partial charge in [0.25, 0.3) is 0 Å². The van der Waals surface area contributed by atoms with Crippen molar-refractivity contribution >= 4 is 17.5 Å². The van der Waals surface area contributed by atoms with E-state index in [0.29, 0.717) is 45.2 Å². The van der Waals surface area contributed by atoms with Crippen LogP contribution >= 0.6 is 0 Å². The van der Waals surface area contributed by atoms with Gasteiger partial charge in [-0.3, -0.25) is 19.4 Å². The third-order valence-corrected chi connectivity index (χ3v) is 7.15. The van der Waals surface area contributed by atoms with Crippen LogP contribution in [-0.4, -0.2) is 40.4 Å². The Morgan fingerprint density at radius 2 is 1.76 bits per heavy atom. The lowest BCUT2D eigenvalue weighted by atomic mass is 9.62. The monoisotopic (exact) mass is 442 g/mol. The maximum absolute atomic E-state index is 13.3. The zero-order valence-electron chi connectivity index (χ0n) is 19.6. The molecular formula is C28H30N2O3. The largest absolute Gasteiger partial charge is 0.342 e. The van der Waals surface area contributed by atoms with Gasteiger partial charge < -0.3 is 4.90 Å². The van der Waals surface area contributed by atoms with Gasteiger partial charge >= 0.3 is 0 Å². The van der Waals surface area contributed by atoms with Crippen LogP contribution < -0.4 is 0 Å². The summed E-state index contributed by atoms with van der Waals surface area (Å²) in [7, 11) is 0. The lowest BCUT2D eigenvalue weighted by Gasteiger charge is -2.45. The first-order valence-electron chi connectivity index (χ1n) is 11.6. The fraction of sp³-hybridized carbons (Fsp3) is 0.429. The van der Waals surface area contributed by atoms with Gasteiger partial charge in [-0.1, -0.05) is 12.0 Å². The highest BCUT2D eigenvalue weighted by Gasteiger charge is 2.47. The van der Waals surface area contributed by atoms with Crippen molar-refractivity contribution in [2.45, 2.75) is 58.8 Å². The number of carbonyl (C=O) groups excluding carboxylic acids is 3. The molecule has 1 amide bonds. The van der Waals surface area contributed by atoms with Crippen molar-refractivity contribution in [3.63, 3.8) is 0 Å². The van der Waals surface area contributed by atoms with E-state index in [2.05, 4.69) is 16.8 Å². The van der Waals surface area contributed by atoms with Crippen LogP contribution in [0, 0.1) is 31.1 Å². The average molecular weight is 443 g/mol. The predicted molar refractivity (Wildman–Crippen MR) is 127 cm³/mol. The number of pyridine rings is 1. The maximum atomic E-state index is 13.3. The minimum atomic E-state index is -0.676. The van der Waals surface area contributed by atoms with Gasteiger partial charge in [0, 0.05) is 43.9 Å². The van der Waals surface area contributed by atoms with E-state index >= 15 is 0 Å². The van der Waals surface area contributed by atoms with Gasteiger partial charge in [-0.05, 0) is 79.5 Å². The number of likely N-dealkylation sites (tertiary alicyclic amines) is 1. The van der Waals surface area contributed by atoms with Crippen molar-refractivity contribution < 1.29 is 14.4 Å². The second kappa shape index (κ2) is 9.31. The van der Waals surface area contributed by atoms with Crippen LogP contribution in [0.1, 0.15) is 66.3 Å². The Bertz CT molecular complexity index is 1110. The third-order valence-electron chi connectivity index (χ3n) is 7.15. The molecule has 1 saturated heterocycles. The van der Waals surface area contributed by atoms with Crippen LogP contribution in [0.15, 0.2) is 36.7 Å². The quantitative estimate of drug-likeness (QED) is 0.534. The summed E-state index contributed by atoms with van der Waals surface area (Å²) in [5.74, 6) is 5.39. The lowest BCUT2D eigenvalue weighted by Crippen LogP contribution is -2.48. The summed E-state index contributed by atoms with van der Waals surface area (Å²) >= 11 is 0. The number of aryl methyl sites for hydroxylation is 2. The van der Waals surface area contributed by atoms with E-state index < -0.39 is 5.92 Å². The number of piperidine rings is 1. The van der Waals surface area contributed by atoms with Gasteiger partial charge in [-0.25, -0.2) is 0 Å². The molecule has 0 radical (unpaired) electrons. The highest BCUT2D eigenvalue weighted by Crippen LogP contribution is 2.46. The molecule has 170 valence electrons. The maximum Gasteiger partial charge on any atom is 0.227 e. The third kappa shape index (κ3) is 4.75. The number of hydrogen-bond acceptors (Lipinski definition) is 4. The van der Waals surface area contributed by atoms with E-state index in [1.807, 2.05) is 43.0 Å². The Kier molecular flexibility index (Phi) is 6.47. The Labute approximate surface area is 195 Å². The molecule has 0 N–H and O–H groups in total. The van der Waals surface area contributed by atoms with Crippen LogP contribution in [0.25, 0.3) is 0 Å². The van der Waals surface area contributed by atoms with Crippen LogP contribution in [0.4, 0.5) is 0 Å². The molecule has 33 heavy (non-hydrogen) atoms. The summed E-state index contributed by atoms with van der Waals surface area (Å²) in [5.41, 5.74) is 4.25. The summed E-state index contributed by atoms with van der Waals surface area (Å²) in [6, 6.07) is 7.67. The topological polar surface area (TPSA) is 67.3 Å². The van der Waals surface area contributed by atoms with Gasteiger partial charge in [-0.2, -0.15) is 0 Å². The highest BCUT2D eigenvalue weighted by molar-refractivity contribution is 6.10. The van der Waals surface area contributed by atoms with Crippen LogP contribution in [0.3, 0.4) is 0 Å². The first kappa shape index (κ1) is 22.9. The molecule has 1 spiro atoms. The van der Waals surface area contributed by atoms with Crippen molar-refractivity contribution in [3.8, 4) is 11.8 Å². The first-order valence-corrected chi connectivity index (χ1v) is 11.6. The molecule has 2 aromatic rings. The van der Waals surface area contributed by atoms with Crippen LogP contribution in [0.5, 0.6) is 0 Å². The fourth-order valence-corrected chi connectivity index (χ4v) is 5.53. The molecule has 2 aliphatic rings. The summed E-state index contributed by atoms with van der Waals surface area (Å²) in [4.78, 5) is 45.3. The van der Waals surface area contributed by atoms with Crippen molar-refractivity contribution in [3.05, 3.63) is 64.5 Å². The standard InChI is InChI=1S/C28H30N2O3/c1-4-6-21-13-19(2)26(20(3)14-21)27-23(31)16-28(17-24(27)32)8-11-30(12-9-28)25(33)15-22-7-5-10-29-18-22/h5,7,10,13-14,18,27H,8-9,11-12,15-17H2,1-3H3. The number of nitrogens with zero attached hydrogens (tertiary/aromatic N) is 2. The zero-order chi connectivity index (χ0) is 23.6. The summed E-state index contributed by atoms with van der Waals surface area (Å²) in [5, 5.41) is 0.